The zero-order valence-corrected chi connectivity index (χ0v) is 9.22. The number of rotatable bonds is 3. The second-order valence-electron chi connectivity index (χ2n) is 4.08. The highest BCUT2D eigenvalue weighted by Gasteiger charge is 2.25. The maximum atomic E-state index is 8.17. The van der Waals surface area contributed by atoms with E-state index in [0.717, 1.165) is 19.6 Å². The van der Waals surface area contributed by atoms with Crippen LogP contribution in [0.25, 0.3) is 10.4 Å². The number of azide groups is 1. The summed E-state index contributed by atoms with van der Waals surface area (Å²) in [6.07, 6.45) is 0. The van der Waals surface area contributed by atoms with Gasteiger partial charge in [0.05, 0.1) is 0 Å². The van der Waals surface area contributed by atoms with Gasteiger partial charge in [-0.05, 0) is 26.4 Å². The minimum atomic E-state index is 0.583. The summed E-state index contributed by atoms with van der Waals surface area (Å²) in [5, 5.41) is 3.56. The van der Waals surface area contributed by atoms with Crippen molar-refractivity contribution in [2.75, 3.05) is 33.2 Å². The molecule has 0 aromatic rings. The van der Waals surface area contributed by atoms with Crippen LogP contribution in [-0.2, 0) is 0 Å². The van der Waals surface area contributed by atoms with E-state index in [1.165, 1.54) is 0 Å². The topological polar surface area (TPSA) is 55.2 Å². The van der Waals surface area contributed by atoms with Gasteiger partial charge < -0.3 is 4.90 Å². The van der Waals surface area contributed by atoms with E-state index in [4.69, 9.17) is 5.53 Å². The highest BCUT2D eigenvalue weighted by molar-refractivity contribution is 4.82. The first-order chi connectivity index (χ1) is 6.65. The van der Waals surface area contributed by atoms with E-state index in [1.54, 1.807) is 0 Å². The monoisotopic (exact) mass is 197 g/mol. The standard InChI is InChI=1S/C9H19N5/c1-8-6-14(5-4-11-12-10)7-9(2)13(8)3/h8-9H,4-7H2,1-3H3. The molecule has 1 aliphatic heterocycles. The third-order valence-corrected chi connectivity index (χ3v) is 3.01. The largest absolute Gasteiger partial charge is 0.300 e. The Balaban J connectivity index is 2.37. The molecule has 5 nitrogen and oxygen atoms in total. The predicted octanol–water partition coefficient (Wildman–Crippen LogP) is 1.32. The molecule has 2 unspecified atom stereocenters. The lowest BCUT2D eigenvalue weighted by molar-refractivity contribution is 0.0621. The van der Waals surface area contributed by atoms with E-state index in [-0.39, 0.29) is 0 Å². The highest BCUT2D eigenvalue weighted by atomic mass is 15.3. The molecular weight excluding hydrogens is 178 g/mol. The number of hydrogen-bond acceptors (Lipinski definition) is 3. The number of piperazine rings is 1. The molecule has 0 amide bonds. The minimum Gasteiger partial charge on any atom is -0.300 e. The van der Waals surface area contributed by atoms with Gasteiger partial charge in [0.2, 0.25) is 0 Å². The van der Waals surface area contributed by atoms with Crippen LogP contribution in [0.1, 0.15) is 13.8 Å². The smallest absolute Gasteiger partial charge is 0.0385 e. The molecule has 1 fully saturated rings. The zero-order chi connectivity index (χ0) is 10.6. The van der Waals surface area contributed by atoms with Crippen LogP contribution in [0.15, 0.2) is 5.11 Å². The summed E-state index contributed by atoms with van der Waals surface area (Å²) in [6, 6.07) is 1.18. The summed E-state index contributed by atoms with van der Waals surface area (Å²) in [5.74, 6) is 0. The van der Waals surface area contributed by atoms with Crippen LogP contribution in [0.2, 0.25) is 0 Å². The van der Waals surface area contributed by atoms with Crippen LogP contribution in [0.4, 0.5) is 0 Å². The molecule has 0 aromatic heterocycles. The number of nitrogens with zero attached hydrogens (tertiary/aromatic N) is 5. The molecule has 0 spiro atoms. The summed E-state index contributed by atoms with van der Waals surface area (Å²) in [6.45, 7) is 8.07. The molecule has 14 heavy (non-hydrogen) atoms. The van der Waals surface area contributed by atoms with Crippen molar-refractivity contribution >= 4 is 0 Å². The van der Waals surface area contributed by atoms with E-state index in [2.05, 4.69) is 40.7 Å². The quantitative estimate of drug-likeness (QED) is 0.389. The van der Waals surface area contributed by atoms with Crippen LogP contribution >= 0.6 is 0 Å². The van der Waals surface area contributed by atoms with Crippen molar-refractivity contribution in [2.45, 2.75) is 25.9 Å². The maximum Gasteiger partial charge on any atom is 0.0385 e. The van der Waals surface area contributed by atoms with Crippen LogP contribution < -0.4 is 0 Å². The Bertz CT molecular complexity index is 211. The molecule has 0 saturated carbocycles. The van der Waals surface area contributed by atoms with Gasteiger partial charge in [-0.3, -0.25) is 4.90 Å². The molecule has 2 atom stereocenters. The first-order valence-electron chi connectivity index (χ1n) is 5.10. The van der Waals surface area contributed by atoms with Crippen molar-refractivity contribution in [2.24, 2.45) is 5.11 Å². The van der Waals surface area contributed by atoms with Gasteiger partial charge in [-0.25, -0.2) is 0 Å². The second kappa shape index (κ2) is 5.20. The van der Waals surface area contributed by atoms with Crippen LogP contribution in [0.3, 0.4) is 0 Å². The summed E-state index contributed by atoms with van der Waals surface area (Å²) in [4.78, 5) is 7.52. The van der Waals surface area contributed by atoms with Gasteiger partial charge in [0, 0.05) is 43.2 Å². The fourth-order valence-electron chi connectivity index (χ4n) is 1.93. The number of likely N-dealkylation sites (N-methyl/N-ethyl adjacent to an activating group) is 1. The van der Waals surface area contributed by atoms with Crippen molar-refractivity contribution in [3.05, 3.63) is 10.4 Å². The molecule has 1 heterocycles. The van der Waals surface area contributed by atoms with Crippen molar-refractivity contribution in [1.82, 2.24) is 9.80 Å². The summed E-state index contributed by atoms with van der Waals surface area (Å²) in [7, 11) is 2.17. The fraction of sp³-hybridized carbons (Fsp3) is 1.00. The van der Waals surface area contributed by atoms with E-state index < -0.39 is 0 Å². The Labute approximate surface area is 85.3 Å². The maximum absolute atomic E-state index is 8.17. The van der Waals surface area contributed by atoms with E-state index >= 15 is 0 Å². The van der Waals surface area contributed by atoms with Crippen molar-refractivity contribution < 1.29 is 0 Å². The van der Waals surface area contributed by atoms with Gasteiger partial charge in [-0.1, -0.05) is 5.11 Å². The second-order valence-corrected chi connectivity index (χ2v) is 4.08. The summed E-state index contributed by atoms with van der Waals surface area (Å²) < 4.78 is 0. The van der Waals surface area contributed by atoms with E-state index in [9.17, 15) is 0 Å². The first-order valence-corrected chi connectivity index (χ1v) is 5.10. The average Bonchev–Trinajstić information content (AvgIpc) is 2.14. The SMILES string of the molecule is CC1CN(CCN=[N+]=[N-])CC(C)N1C. The fourth-order valence-corrected chi connectivity index (χ4v) is 1.93. The average molecular weight is 197 g/mol. The Morgan fingerprint density at radius 3 is 2.43 bits per heavy atom. The minimum absolute atomic E-state index is 0.583. The zero-order valence-electron chi connectivity index (χ0n) is 9.22. The lowest BCUT2D eigenvalue weighted by Crippen LogP contribution is -2.55. The van der Waals surface area contributed by atoms with Crippen LogP contribution in [0.5, 0.6) is 0 Å². The van der Waals surface area contributed by atoms with Crippen LogP contribution in [0, 0.1) is 0 Å². The van der Waals surface area contributed by atoms with Gasteiger partial charge in [0.15, 0.2) is 0 Å². The van der Waals surface area contributed by atoms with Gasteiger partial charge in [-0.15, -0.1) is 0 Å². The molecule has 0 aromatic carbocycles. The molecular formula is C9H19N5. The van der Waals surface area contributed by atoms with Crippen molar-refractivity contribution in [3.63, 3.8) is 0 Å². The van der Waals surface area contributed by atoms with Crippen molar-refractivity contribution in [1.29, 1.82) is 0 Å². The molecule has 0 radical (unpaired) electrons. The van der Waals surface area contributed by atoms with Gasteiger partial charge in [-0.2, -0.15) is 0 Å². The van der Waals surface area contributed by atoms with Crippen LogP contribution in [-0.4, -0.2) is 55.1 Å². The Kier molecular flexibility index (Phi) is 4.20. The Hall–Kier alpha value is -0.770. The predicted molar refractivity (Wildman–Crippen MR) is 57.1 cm³/mol. The van der Waals surface area contributed by atoms with Crippen molar-refractivity contribution in [3.8, 4) is 0 Å². The lowest BCUT2D eigenvalue weighted by Gasteiger charge is -2.42. The third-order valence-electron chi connectivity index (χ3n) is 3.01. The van der Waals surface area contributed by atoms with E-state index in [1.807, 2.05) is 0 Å². The van der Waals surface area contributed by atoms with Gasteiger partial charge >= 0.3 is 0 Å². The molecule has 5 heteroatoms. The summed E-state index contributed by atoms with van der Waals surface area (Å²) >= 11 is 0. The third kappa shape index (κ3) is 2.87. The molecule has 80 valence electrons. The molecule has 0 aliphatic carbocycles. The Morgan fingerprint density at radius 1 is 1.36 bits per heavy atom. The normalized spacial score (nSPS) is 29.9. The van der Waals surface area contributed by atoms with Gasteiger partial charge in [0.25, 0.3) is 0 Å². The molecule has 1 rings (SSSR count). The summed E-state index contributed by atoms with van der Waals surface area (Å²) in [5.41, 5.74) is 8.17. The van der Waals surface area contributed by atoms with E-state index in [0.29, 0.717) is 18.6 Å². The first kappa shape index (κ1) is 11.3. The van der Waals surface area contributed by atoms with Gasteiger partial charge in [0.1, 0.15) is 0 Å². The highest BCUT2D eigenvalue weighted by Crippen LogP contribution is 2.12. The lowest BCUT2D eigenvalue weighted by atomic mass is 10.1. The Morgan fingerprint density at radius 2 is 1.93 bits per heavy atom. The molecule has 0 bridgehead atoms. The molecule has 1 aliphatic rings. The molecule has 0 N–H and O–H groups in total. The molecule has 1 saturated heterocycles. The number of hydrogen-bond donors (Lipinski definition) is 0.